The zero-order chi connectivity index (χ0) is 22.9. The Kier molecular flexibility index (Phi) is 8.64. The first-order valence-corrected chi connectivity index (χ1v) is 10.8. The molecule has 32 heavy (non-hydrogen) atoms. The molecule has 1 aliphatic rings. The fraction of sp³-hybridized carbons (Fsp3) is 0.364. The van der Waals surface area contributed by atoms with Gasteiger partial charge in [-0.15, -0.1) is 0 Å². The molecule has 2 unspecified atom stereocenters. The maximum atomic E-state index is 12.3. The van der Waals surface area contributed by atoms with Crippen LogP contribution in [0.5, 0.6) is 0 Å². The van der Waals surface area contributed by atoms with Gasteiger partial charge in [-0.25, -0.2) is 4.79 Å². The number of hydrogen-bond acceptors (Lipinski definition) is 7. The van der Waals surface area contributed by atoms with E-state index < -0.39 is 41.3 Å². The molecule has 1 fully saturated rings. The summed E-state index contributed by atoms with van der Waals surface area (Å²) in [5.74, 6) is -1.14. The van der Waals surface area contributed by atoms with Crippen LogP contribution in [-0.2, 0) is 30.3 Å². The molecule has 2 aromatic rings. The molecule has 0 aromatic heterocycles. The Balaban J connectivity index is 1.75. The van der Waals surface area contributed by atoms with E-state index in [-0.39, 0.29) is 13.2 Å². The first-order valence-electron chi connectivity index (χ1n) is 9.88. The SMILES string of the molecule is CC(=O)O[C@H]1C(COC(=O)c2ccccc2)O[C@@H](Br)C(OCc2ccccc2)[C@H]1N=[N+]=[N-]. The summed E-state index contributed by atoms with van der Waals surface area (Å²) in [5.41, 5.74) is 10.4. The molecule has 10 heteroatoms. The Morgan fingerprint density at radius 1 is 1.09 bits per heavy atom. The Bertz CT molecular complexity index is 955. The third kappa shape index (κ3) is 6.30. The molecule has 1 heterocycles. The van der Waals surface area contributed by atoms with Gasteiger partial charge in [0.05, 0.1) is 12.2 Å². The van der Waals surface area contributed by atoms with Gasteiger partial charge in [-0.3, -0.25) is 4.79 Å². The lowest BCUT2D eigenvalue weighted by atomic mass is 9.97. The highest BCUT2D eigenvalue weighted by molar-refractivity contribution is 9.09. The van der Waals surface area contributed by atoms with Crippen LogP contribution in [-0.4, -0.2) is 47.9 Å². The molecule has 0 aliphatic carbocycles. The minimum atomic E-state index is -1.01. The van der Waals surface area contributed by atoms with Gasteiger partial charge in [0.25, 0.3) is 0 Å². The number of ether oxygens (including phenoxy) is 4. The zero-order valence-corrected chi connectivity index (χ0v) is 18.8. The Morgan fingerprint density at radius 2 is 1.75 bits per heavy atom. The van der Waals surface area contributed by atoms with Crippen LogP contribution >= 0.6 is 15.9 Å². The van der Waals surface area contributed by atoms with Gasteiger partial charge in [0, 0.05) is 11.8 Å². The second-order valence-corrected chi connectivity index (χ2v) is 7.92. The molecule has 5 atom stereocenters. The van der Waals surface area contributed by atoms with Crippen LogP contribution in [0, 0.1) is 0 Å². The summed E-state index contributed by atoms with van der Waals surface area (Å²) in [6, 6.07) is 17.0. The lowest BCUT2D eigenvalue weighted by Crippen LogP contribution is -2.58. The van der Waals surface area contributed by atoms with Crippen LogP contribution in [0.4, 0.5) is 0 Å². The van der Waals surface area contributed by atoms with Gasteiger partial charge in [-0.2, -0.15) is 0 Å². The van der Waals surface area contributed by atoms with Gasteiger partial charge in [0.15, 0.2) is 0 Å². The maximum Gasteiger partial charge on any atom is 0.338 e. The van der Waals surface area contributed by atoms with Crippen molar-refractivity contribution in [3.8, 4) is 0 Å². The minimum Gasteiger partial charge on any atom is -0.459 e. The largest absolute Gasteiger partial charge is 0.459 e. The molecule has 0 bridgehead atoms. The van der Waals surface area contributed by atoms with Gasteiger partial charge >= 0.3 is 11.9 Å². The first kappa shape index (κ1) is 23.7. The lowest BCUT2D eigenvalue weighted by Gasteiger charge is -2.42. The van der Waals surface area contributed by atoms with Crippen molar-refractivity contribution in [2.24, 2.45) is 5.11 Å². The average Bonchev–Trinajstić information content (AvgIpc) is 2.80. The highest BCUT2D eigenvalue weighted by Gasteiger charge is 2.48. The number of carbonyl (C=O) groups excluding carboxylic acids is 2. The summed E-state index contributed by atoms with van der Waals surface area (Å²) < 4.78 is 22.7. The fourth-order valence-corrected chi connectivity index (χ4v) is 4.05. The van der Waals surface area contributed by atoms with E-state index in [0.717, 1.165) is 5.56 Å². The number of rotatable bonds is 8. The smallest absolute Gasteiger partial charge is 0.338 e. The fourth-order valence-electron chi connectivity index (χ4n) is 3.30. The topological polar surface area (TPSA) is 120 Å². The van der Waals surface area contributed by atoms with Crippen molar-refractivity contribution in [3.63, 3.8) is 0 Å². The summed E-state index contributed by atoms with van der Waals surface area (Å²) in [7, 11) is 0. The number of esters is 2. The van der Waals surface area contributed by atoms with Crippen LogP contribution in [0.2, 0.25) is 0 Å². The number of alkyl halides is 1. The van der Waals surface area contributed by atoms with Crippen molar-refractivity contribution in [1.82, 2.24) is 0 Å². The van der Waals surface area contributed by atoms with E-state index in [1.54, 1.807) is 30.3 Å². The van der Waals surface area contributed by atoms with Crippen LogP contribution in [0.3, 0.4) is 0 Å². The second-order valence-electron chi connectivity index (χ2n) is 7.02. The minimum absolute atomic E-state index is 0.212. The molecule has 0 spiro atoms. The van der Waals surface area contributed by atoms with E-state index >= 15 is 0 Å². The van der Waals surface area contributed by atoms with Crippen molar-refractivity contribution in [2.45, 2.75) is 42.9 Å². The van der Waals surface area contributed by atoms with Crippen LogP contribution in [0.25, 0.3) is 10.4 Å². The Morgan fingerprint density at radius 3 is 2.38 bits per heavy atom. The molecule has 9 nitrogen and oxygen atoms in total. The van der Waals surface area contributed by atoms with Gasteiger partial charge in [-0.05, 0) is 23.2 Å². The summed E-state index contributed by atoms with van der Waals surface area (Å²) in [4.78, 5) is 27.0. The third-order valence-corrected chi connectivity index (χ3v) is 5.50. The van der Waals surface area contributed by atoms with Crippen molar-refractivity contribution in [2.75, 3.05) is 6.61 Å². The normalized spacial score (nSPS) is 24.8. The summed E-state index contributed by atoms with van der Waals surface area (Å²) in [5, 5.41) is 3.13. The Hall–Kier alpha value is -2.91. The molecular weight excluding hydrogens is 482 g/mol. The van der Waals surface area contributed by atoms with Crippen molar-refractivity contribution in [1.29, 1.82) is 0 Å². The molecule has 0 amide bonds. The van der Waals surface area contributed by atoms with Crippen LogP contribution < -0.4 is 0 Å². The predicted molar refractivity (Wildman–Crippen MR) is 118 cm³/mol. The molecule has 0 N–H and O–H groups in total. The summed E-state index contributed by atoms with van der Waals surface area (Å²) in [6.07, 6.45) is -2.64. The quantitative estimate of drug-likeness (QED) is 0.175. The molecule has 1 aliphatic heterocycles. The summed E-state index contributed by atoms with van der Waals surface area (Å²) in [6.45, 7) is 1.26. The molecule has 3 rings (SSSR count). The van der Waals surface area contributed by atoms with E-state index in [2.05, 4.69) is 26.0 Å². The van der Waals surface area contributed by atoms with Crippen LogP contribution in [0.15, 0.2) is 65.8 Å². The average molecular weight is 504 g/mol. The number of carbonyl (C=O) groups is 2. The number of benzene rings is 2. The van der Waals surface area contributed by atoms with Gasteiger partial charge in [0.2, 0.25) is 0 Å². The maximum absolute atomic E-state index is 12.3. The van der Waals surface area contributed by atoms with E-state index in [1.165, 1.54) is 6.92 Å². The standard InChI is InChI=1S/C22H22BrN3O6/c1-14(27)31-19-17(13-30-22(28)16-10-6-3-7-11-16)32-21(23)20(18(19)25-26-24)29-12-15-8-4-2-5-9-15/h2-11,17-21H,12-13H2,1H3/t17?,18-,19-,20?,21+/m0/s1. The molecule has 2 aromatic carbocycles. The predicted octanol–water partition coefficient (Wildman–Crippen LogP) is 4.16. The van der Waals surface area contributed by atoms with E-state index in [0.29, 0.717) is 5.56 Å². The van der Waals surface area contributed by atoms with E-state index in [4.69, 9.17) is 24.5 Å². The van der Waals surface area contributed by atoms with Crippen molar-refractivity contribution >= 4 is 27.9 Å². The van der Waals surface area contributed by atoms with Gasteiger partial charge in [0.1, 0.15) is 36.0 Å². The highest BCUT2D eigenvalue weighted by atomic mass is 79.9. The van der Waals surface area contributed by atoms with Gasteiger partial charge < -0.3 is 18.9 Å². The monoisotopic (exact) mass is 503 g/mol. The van der Waals surface area contributed by atoms with E-state index in [9.17, 15) is 9.59 Å². The lowest BCUT2D eigenvalue weighted by molar-refractivity contribution is -0.196. The summed E-state index contributed by atoms with van der Waals surface area (Å²) >= 11 is 3.41. The molecule has 0 radical (unpaired) electrons. The van der Waals surface area contributed by atoms with Crippen molar-refractivity contribution in [3.05, 3.63) is 82.2 Å². The molecule has 1 saturated heterocycles. The highest BCUT2D eigenvalue weighted by Crippen LogP contribution is 2.32. The number of nitrogens with zero attached hydrogens (tertiary/aromatic N) is 3. The van der Waals surface area contributed by atoms with Crippen LogP contribution in [0.1, 0.15) is 22.8 Å². The third-order valence-electron chi connectivity index (χ3n) is 4.76. The number of azide groups is 1. The molecule has 0 saturated carbocycles. The Labute approximate surface area is 193 Å². The number of hydrogen-bond donors (Lipinski definition) is 0. The molecular formula is C22H22BrN3O6. The second kappa shape index (κ2) is 11.6. The van der Waals surface area contributed by atoms with E-state index in [1.807, 2.05) is 30.3 Å². The first-order chi connectivity index (χ1) is 15.5. The van der Waals surface area contributed by atoms with Crippen molar-refractivity contribution < 1.29 is 28.5 Å². The zero-order valence-electron chi connectivity index (χ0n) is 17.2. The number of halogens is 1. The molecule has 168 valence electrons. The van der Waals surface area contributed by atoms with Gasteiger partial charge in [-0.1, -0.05) is 69.6 Å².